The Balaban J connectivity index is 1.71. The van der Waals surface area contributed by atoms with E-state index < -0.39 is 0 Å². The fourth-order valence-electron chi connectivity index (χ4n) is 1.69. The number of carbonyl (C=O) groups is 1. The number of carbonyl (C=O) groups excluding carboxylic acids is 1. The molecule has 0 unspecified atom stereocenters. The number of hydrogen-bond acceptors (Lipinski definition) is 4. The van der Waals surface area contributed by atoms with E-state index in [1.807, 2.05) is 26.0 Å². The smallest absolute Gasteiger partial charge is 0.223 e. The Morgan fingerprint density at radius 2 is 2.14 bits per heavy atom. The van der Waals surface area contributed by atoms with Gasteiger partial charge in [-0.25, -0.2) is 4.98 Å². The van der Waals surface area contributed by atoms with Gasteiger partial charge in [0.2, 0.25) is 11.8 Å². The molecule has 6 heteroatoms. The molecule has 0 atom stereocenters. The third-order valence-electron chi connectivity index (χ3n) is 2.93. The molecule has 2 rings (SSSR count). The lowest BCUT2D eigenvalue weighted by molar-refractivity contribution is -0.121. The van der Waals surface area contributed by atoms with Gasteiger partial charge in [-0.3, -0.25) is 4.79 Å². The maximum absolute atomic E-state index is 11.7. The highest BCUT2D eigenvalue weighted by molar-refractivity contribution is 6.32. The van der Waals surface area contributed by atoms with Crippen LogP contribution >= 0.6 is 11.6 Å². The van der Waals surface area contributed by atoms with E-state index in [1.54, 1.807) is 12.1 Å². The Morgan fingerprint density at radius 3 is 2.81 bits per heavy atom. The first-order chi connectivity index (χ1) is 10.1. The summed E-state index contributed by atoms with van der Waals surface area (Å²) in [6, 6.07) is 7.15. The minimum absolute atomic E-state index is 0.129. The van der Waals surface area contributed by atoms with Crippen LogP contribution in [0.2, 0.25) is 5.02 Å². The van der Waals surface area contributed by atoms with Crippen LogP contribution in [0.15, 0.2) is 28.7 Å². The Kier molecular flexibility index (Phi) is 5.22. The number of rotatable bonds is 6. The Bertz CT molecular complexity index is 606. The number of nitrogens with zero attached hydrogens (tertiary/aromatic N) is 1. The first kappa shape index (κ1) is 15.4. The number of hydrogen-bond donors (Lipinski definition) is 1. The molecule has 0 aliphatic carbocycles. The van der Waals surface area contributed by atoms with Crippen molar-refractivity contribution in [1.29, 1.82) is 0 Å². The van der Waals surface area contributed by atoms with Crippen LogP contribution in [-0.2, 0) is 11.3 Å². The summed E-state index contributed by atoms with van der Waals surface area (Å²) in [4.78, 5) is 15.9. The Labute approximate surface area is 128 Å². The van der Waals surface area contributed by atoms with E-state index in [0.717, 1.165) is 11.5 Å². The minimum atomic E-state index is -0.129. The highest BCUT2D eigenvalue weighted by Crippen LogP contribution is 2.22. The molecule has 1 amide bonds. The molecule has 21 heavy (non-hydrogen) atoms. The molecular formula is C15H17ClN2O3. The first-order valence-corrected chi connectivity index (χ1v) is 7.01. The zero-order valence-electron chi connectivity index (χ0n) is 12.0. The predicted octanol–water partition coefficient (Wildman–Crippen LogP) is 3.03. The minimum Gasteiger partial charge on any atom is -0.491 e. The third kappa shape index (κ3) is 4.49. The van der Waals surface area contributed by atoms with Crippen molar-refractivity contribution in [2.75, 3.05) is 6.61 Å². The molecule has 1 aromatic heterocycles. The van der Waals surface area contributed by atoms with Crippen molar-refractivity contribution >= 4 is 17.5 Å². The van der Waals surface area contributed by atoms with E-state index >= 15 is 0 Å². The molecule has 0 bridgehead atoms. The van der Waals surface area contributed by atoms with Gasteiger partial charge in [0.1, 0.15) is 11.5 Å². The second kappa shape index (κ2) is 7.13. The number of ether oxygens (including phenoxy) is 1. The lowest BCUT2D eigenvalue weighted by Gasteiger charge is -2.07. The average molecular weight is 309 g/mol. The third-order valence-corrected chi connectivity index (χ3v) is 3.25. The molecular weight excluding hydrogens is 292 g/mol. The van der Waals surface area contributed by atoms with Crippen molar-refractivity contribution in [1.82, 2.24) is 10.3 Å². The number of benzene rings is 1. The highest BCUT2D eigenvalue weighted by atomic mass is 35.5. The Morgan fingerprint density at radius 1 is 1.38 bits per heavy atom. The van der Waals surface area contributed by atoms with Crippen molar-refractivity contribution in [2.24, 2.45) is 0 Å². The number of oxazole rings is 1. The van der Waals surface area contributed by atoms with Gasteiger partial charge in [0, 0.05) is 0 Å². The van der Waals surface area contributed by atoms with Gasteiger partial charge in [-0.2, -0.15) is 0 Å². The van der Waals surface area contributed by atoms with E-state index in [9.17, 15) is 4.79 Å². The van der Waals surface area contributed by atoms with Gasteiger partial charge < -0.3 is 14.5 Å². The van der Waals surface area contributed by atoms with E-state index in [-0.39, 0.29) is 25.5 Å². The quantitative estimate of drug-likeness (QED) is 0.891. The van der Waals surface area contributed by atoms with Gasteiger partial charge >= 0.3 is 0 Å². The number of halogens is 1. The molecule has 112 valence electrons. The monoisotopic (exact) mass is 308 g/mol. The fourth-order valence-corrected chi connectivity index (χ4v) is 1.88. The van der Waals surface area contributed by atoms with Crippen LogP contribution in [0.25, 0.3) is 0 Å². The molecule has 0 aliphatic rings. The molecule has 0 spiro atoms. The topological polar surface area (TPSA) is 64.4 Å². The molecule has 2 aromatic rings. The summed E-state index contributed by atoms with van der Waals surface area (Å²) in [6.07, 6.45) is 0.240. The molecule has 0 saturated heterocycles. The normalized spacial score (nSPS) is 10.4. The molecule has 0 fully saturated rings. The van der Waals surface area contributed by atoms with E-state index in [4.69, 9.17) is 20.8 Å². The van der Waals surface area contributed by atoms with E-state index in [0.29, 0.717) is 16.7 Å². The largest absolute Gasteiger partial charge is 0.491 e. The molecule has 1 aromatic carbocycles. The van der Waals surface area contributed by atoms with Crippen molar-refractivity contribution in [3.63, 3.8) is 0 Å². The van der Waals surface area contributed by atoms with Crippen LogP contribution in [0, 0.1) is 13.8 Å². The number of amides is 1. The molecule has 0 aliphatic heterocycles. The summed E-state index contributed by atoms with van der Waals surface area (Å²) < 4.78 is 10.8. The molecule has 1 heterocycles. The summed E-state index contributed by atoms with van der Waals surface area (Å²) in [6.45, 7) is 4.24. The van der Waals surface area contributed by atoms with Crippen molar-refractivity contribution < 1.29 is 13.9 Å². The van der Waals surface area contributed by atoms with Crippen LogP contribution in [0.1, 0.15) is 23.8 Å². The van der Waals surface area contributed by atoms with E-state index in [2.05, 4.69) is 10.3 Å². The lowest BCUT2D eigenvalue weighted by atomic mass is 10.3. The fraction of sp³-hybridized carbons (Fsp3) is 0.333. The molecule has 0 saturated carbocycles. The molecule has 0 radical (unpaired) electrons. The van der Waals surface area contributed by atoms with Gasteiger partial charge in [-0.05, 0) is 26.0 Å². The summed E-state index contributed by atoms with van der Waals surface area (Å²) in [7, 11) is 0. The SMILES string of the molecule is Cc1nc(CNC(=O)CCOc2ccccc2Cl)oc1C. The molecule has 5 nitrogen and oxygen atoms in total. The van der Waals surface area contributed by atoms with Crippen LogP contribution in [0.4, 0.5) is 0 Å². The van der Waals surface area contributed by atoms with Gasteiger partial charge in [-0.1, -0.05) is 23.7 Å². The van der Waals surface area contributed by atoms with Crippen LogP contribution < -0.4 is 10.1 Å². The van der Waals surface area contributed by atoms with Crippen LogP contribution in [0.3, 0.4) is 0 Å². The lowest BCUT2D eigenvalue weighted by Crippen LogP contribution is -2.24. The zero-order chi connectivity index (χ0) is 15.2. The zero-order valence-corrected chi connectivity index (χ0v) is 12.7. The maximum Gasteiger partial charge on any atom is 0.223 e. The summed E-state index contributed by atoms with van der Waals surface area (Å²) in [5.41, 5.74) is 0.835. The summed E-state index contributed by atoms with van der Waals surface area (Å²) >= 11 is 5.95. The second-order valence-corrected chi connectivity index (χ2v) is 4.96. The van der Waals surface area contributed by atoms with Gasteiger partial charge in [0.15, 0.2) is 0 Å². The number of aromatic nitrogens is 1. The van der Waals surface area contributed by atoms with Crippen molar-refractivity contribution in [2.45, 2.75) is 26.8 Å². The van der Waals surface area contributed by atoms with Crippen molar-refractivity contribution in [3.05, 3.63) is 46.6 Å². The van der Waals surface area contributed by atoms with Gasteiger partial charge in [0.25, 0.3) is 0 Å². The average Bonchev–Trinajstić information content (AvgIpc) is 2.78. The number of para-hydroxylation sites is 1. The maximum atomic E-state index is 11.7. The molecule has 1 N–H and O–H groups in total. The number of nitrogens with one attached hydrogen (secondary N) is 1. The highest BCUT2D eigenvalue weighted by Gasteiger charge is 2.08. The summed E-state index contributed by atoms with van der Waals surface area (Å²) in [5, 5.41) is 3.26. The standard InChI is InChI=1S/C15H17ClN2O3/c1-10-11(2)21-15(18-10)9-17-14(19)7-8-20-13-6-4-3-5-12(13)16/h3-6H,7-9H2,1-2H3,(H,17,19). The van der Waals surface area contributed by atoms with Gasteiger partial charge in [-0.15, -0.1) is 0 Å². The Hall–Kier alpha value is -2.01. The van der Waals surface area contributed by atoms with Crippen LogP contribution in [-0.4, -0.2) is 17.5 Å². The second-order valence-electron chi connectivity index (χ2n) is 4.55. The van der Waals surface area contributed by atoms with E-state index in [1.165, 1.54) is 0 Å². The number of aryl methyl sites for hydroxylation is 2. The summed E-state index contributed by atoms with van der Waals surface area (Å²) in [5.74, 6) is 1.72. The predicted molar refractivity (Wildman–Crippen MR) is 79.4 cm³/mol. The first-order valence-electron chi connectivity index (χ1n) is 6.63. The van der Waals surface area contributed by atoms with Gasteiger partial charge in [0.05, 0.1) is 30.3 Å². The van der Waals surface area contributed by atoms with Crippen molar-refractivity contribution in [3.8, 4) is 5.75 Å². The van der Waals surface area contributed by atoms with Crippen LogP contribution in [0.5, 0.6) is 5.75 Å².